The van der Waals surface area contributed by atoms with Gasteiger partial charge in [0.25, 0.3) is 0 Å². The molecule has 0 unspecified atom stereocenters. The second kappa shape index (κ2) is 3.71. The molecule has 1 aliphatic rings. The molecule has 0 spiro atoms. The van der Waals surface area contributed by atoms with Crippen molar-refractivity contribution in [3.63, 3.8) is 0 Å². The minimum Gasteiger partial charge on any atom is -0.399 e. The Balaban J connectivity index is 1.85. The molecule has 4 rings (SSSR count). The number of nitrogens with two attached hydrogens (primary N) is 1. The van der Waals surface area contributed by atoms with Crippen molar-refractivity contribution in [1.82, 2.24) is 14.5 Å². The first-order valence-corrected chi connectivity index (χ1v) is 6.27. The topological polar surface area (TPSA) is 60.0 Å². The van der Waals surface area contributed by atoms with Crippen molar-refractivity contribution >= 4 is 28.5 Å². The van der Waals surface area contributed by atoms with Crippen LogP contribution in [0, 0.1) is 0 Å². The monoisotopic (exact) mass is 251 g/mol. The number of rotatable bonds is 1. The van der Waals surface area contributed by atoms with Gasteiger partial charge >= 0.3 is 0 Å². The smallest absolute Gasteiger partial charge is 0.212 e. The maximum atomic E-state index is 5.73. The van der Waals surface area contributed by atoms with Crippen LogP contribution in [-0.4, -0.2) is 21.1 Å². The van der Waals surface area contributed by atoms with Crippen molar-refractivity contribution in [3.05, 3.63) is 42.6 Å². The Kier molecular flexibility index (Phi) is 2.03. The normalized spacial score (nSPS) is 14.0. The van der Waals surface area contributed by atoms with Gasteiger partial charge in [-0.1, -0.05) is 0 Å². The van der Waals surface area contributed by atoms with Gasteiger partial charge in [-0.2, -0.15) is 0 Å². The average molecular weight is 251 g/mol. The number of nitrogen functional groups attached to an aromatic ring is 1. The van der Waals surface area contributed by atoms with Crippen LogP contribution in [0.25, 0.3) is 11.2 Å². The third-order valence-electron chi connectivity index (χ3n) is 3.48. The van der Waals surface area contributed by atoms with E-state index in [1.807, 2.05) is 42.6 Å². The van der Waals surface area contributed by atoms with Gasteiger partial charge in [0.2, 0.25) is 5.95 Å². The van der Waals surface area contributed by atoms with Crippen molar-refractivity contribution in [2.45, 2.75) is 6.54 Å². The zero-order valence-corrected chi connectivity index (χ0v) is 10.3. The number of aromatic nitrogens is 3. The first-order valence-electron chi connectivity index (χ1n) is 6.27. The summed E-state index contributed by atoms with van der Waals surface area (Å²) in [5, 5.41) is 0. The van der Waals surface area contributed by atoms with Gasteiger partial charge in [0.15, 0.2) is 5.65 Å². The van der Waals surface area contributed by atoms with E-state index in [1.165, 1.54) is 0 Å². The van der Waals surface area contributed by atoms with Crippen LogP contribution in [0.5, 0.6) is 0 Å². The summed E-state index contributed by atoms with van der Waals surface area (Å²) in [6.07, 6.45) is 1.81. The van der Waals surface area contributed by atoms with Crippen LogP contribution in [0.4, 0.5) is 17.3 Å². The van der Waals surface area contributed by atoms with E-state index >= 15 is 0 Å². The van der Waals surface area contributed by atoms with Crippen molar-refractivity contribution in [3.8, 4) is 0 Å². The lowest BCUT2D eigenvalue weighted by Gasteiger charge is -2.15. The number of pyridine rings is 1. The minimum absolute atomic E-state index is 0.776. The molecule has 1 aliphatic heterocycles. The minimum atomic E-state index is 0.776. The second-order valence-corrected chi connectivity index (χ2v) is 4.65. The molecular formula is C14H13N5. The summed E-state index contributed by atoms with van der Waals surface area (Å²) < 4.78 is 2.16. The Labute approximate surface area is 110 Å². The van der Waals surface area contributed by atoms with Gasteiger partial charge in [-0.15, -0.1) is 0 Å². The van der Waals surface area contributed by atoms with E-state index in [1.54, 1.807) is 0 Å². The summed E-state index contributed by atoms with van der Waals surface area (Å²) in [5.41, 5.74) is 9.52. The molecule has 0 atom stereocenters. The van der Waals surface area contributed by atoms with E-state index in [0.717, 1.165) is 41.6 Å². The van der Waals surface area contributed by atoms with Crippen LogP contribution in [0.2, 0.25) is 0 Å². The number of anilines is 3. The van der Waals surface area contributed by atoms with E-state index in [9.17, 15) is 0 Å². The molecule has 19 heavy (non-hydrogen) atoms. The number of hydrogen-bond donors (Lipinski definition) is 1. The molecule has 0 amide bonds. The Morgan fingerprint density at radius 3 is 2.74 bits per heavy atom. The van der Waals surface area contributed by atoms with E-state index in [0.29, 0.717) is 0 Å². The summed E-state index contributed by atoms with van der Waals surface area (Å²) in [6.45, 7) is 1.83. The lowest BCUT2D eigenvalue weighted by molar-refractivity contribution is 0.816. The SMILES string of the molecule is Nc1ccc(N2CCn3c2nc2cccnc23)cc1. The Morgan fingerprint density at radius 1 is 1.05 bits per heavy atom. The number of imidazole rings is 1. The van der Waals surface area contributed by atoms with Gasteiger partial charge in [0.05, 0.1) is 0 Å². The van der Waals surface area contributed by atoms with Crippen molar-refractivity contribution in [2.24, 2.45) is 0 Å². The number of nitrogens with zero attached hydrogens (tertiary/aromatic N) is 4. The quantitative estimate of drug-likeness (QED) is 0.673. The molecule has 2 N–H and O–H groups in total. The van der Waals surface area contributed by atoms with Crippen LogP contribution in [0.15, 0.2) is 42.6 Å². The first-order chi connectivity index (χ1) is 9.33. The van der Waals surface area contributed by atoms with Crippen LogP contribution in [-0.2, 0) is 6.54 Å². The van der Waals surface area contributed by atoms with Crippen LogP contribution >= 0.6 is 0 Å². The van der Waals surface area contributed by atoms with Gasteiger partial charge in [-0.25, -0.2) is 9.97 Å². The lowest BCUT2D eigenvalue weighted by Crippen LogP contribution is -2.13. The summed E-state index contributed by atoms with van der Waals surface area (Å²) in [5.74, 6) is 0.957. The number of fused-ring (bicyclic) bond motifs is 3. The largest absolute Gasteiger partial charge is 0.399 e. The molecule has 0 aliphatic carbocycles. The van der Waals surface area contributed by atoms with Crippen molar-refractivity contribution in [2.75, 3.05) is 17.2 Å². The Bertz CT molecular complexity index is 744. The second-order valence-electron chi connectivity index (χ2n) is 4.65. The van der Waals surface area contributed by atoms with Gasteiger partial charge in [-0.3, -0.25) is 4.57 Å². The zero-order valence-electron chi connectivity index (χ0n) is 10.3. The molecular weight excluding hydrogens is 238 g/mol. The lowest BCUT2D eigenvalue weighted by atomic mass is 10.2. The molecule has 0 radical (unpaired) electrons. The van der Waals surface area contributed by atoms with E-state index in [-0.39, 0.29) is 0 Å². The van der Waals surface area contributed by atoms with Crippen molar-refractivity contribution in [1.29, 1.82) is 0 Å². The Morgan fingerprint density at radius 2 is 1.89 bits per heavy atom. The third kappa shape index (κ3) is 1.48. The molecule has 94 valence electrons. The maximum Gasteiger partial charge on any atom is 0.212 e. The molecule has 0 bridgehead atoms. The highest BCUT2D eigenvalue weighted by Gasteiger charge is 2.24. The predicted molar refractivity (Wildman–Crippen MR) is 75.4 cm³/mol. The highest BCUT2D eigenvalue weighted by Crippen LogP contribution is 2.32. The maximum absolute atomic E-state index is 5.73. The van der Waals surface area contributed by atoms with Gasteiger partial charge < -0.3 is 10.6 Å². The predicted octanol–water partition coefficient (Wildman–Crippen LogP) is 2.17. The van der Waals surface area contributed by atoms with Crippen molar-refractivity contribution < 1.29 is 0 Å². The average Bonchev–Trinajstić information content (AvgIpc) is 2.98. The fourth-order valence-corrected chi connectivity index (χ4v) is 2.56. The molecule has 3 heterocycles. The fourth-order valence-electron chi connectivity index (χ4n) is 2.56. The molecule has 0 saturated heterocycles. The molecule has 2 aromatic heterocycles. The number of benzene rings is 1. The fraction of sp³-hybridized carbons (Fsp3) is 0.143. The zero-order chi connectivity index (χ0) is 12.8. The summed E-state index contributed by atoms with van der Waals surface area (Å²) in [4.78, 5) is 11.3. The van der Waals surface area contributed by atoms with E-state index in [2.05, 4.69) is 19.4 Å². The highest BCUT2D eigenvalue weighted by atomic mass is 15.4. The third-order valence-corrected chi connectivity index (χ3v) is 3.48. The van der Waals surface area contributed by atoms with Crippen LogP contribution < -0.4 is 10.6 Å². The van der Waals surface area contributed by atoms with Gasteiger partial charge in [0.1, 0.15) is 5.52 Å². The molecule has 0 fully saturated rings. The summed E-state index contributed by atoms with van der Waals surface area (Å²) >= 11 is 0. The van der Waals surface area contributed by atoms with Crippen LogP contribution in [0.3, 0.4) is 0 Å². The number of hydrogen-bond acceptors (Lipinski definition) is 4. The summed E-state index contributed by atoms with van der Waals surface area (Å²) in [7, 11) is 0. The molecule has 0 saturated carbocycles. The molecule has 3 aromatic rings. The first kappa shape index (κ1) is 10.4. The van der Waals surface area contributed by atoms with E-state index < -0.39 is 0 Å². The molecule has 5 nitrogen and oxygen atoms in total. The van der Waals surface area contributed by atoms with Gasteiger partial charge in [-0.05, 0) is 36.4 Å². The highest BCUT2D eigenvalue weighted by molar-refractivity contribution is 5.77. The van der Waals surface area contributed by atoms with Gasteiger partial charge in [0, 0.05) is 30.7 Å². The standard InChI is InChI=1S/C14H13N5/c15-10-3-5-11(6-4-10)18-8-9-19-13-12(17-14(18)19)2-1-7-16-13/h1-7H,8-9,15H2. The summed E-state index contributed by atoms with van der Waals surface area (Å²) in [6, 6.07) is 11.8. The molecule has 1 aromatic carbocycles. The van der Waals surface area contributed by atoms with Crippen LogP contribution in [0.1, 0.15) is 0 Å². The Hall–Kier alpha value is -2.56. The van der Waals surface area contributed by atoms with E-state index in [4.69, 9.17) is 5.73 Å². The molecule has 5 heteroatoms.